The van der Waals surface area contributed by atoms with Crippen molar-refractivity contribution in [2.45, 2.75) is 17.1 Å². The minimum absolute atomic E-state index is 0.0630. The number of halogens is 3. The van der Waals surface area contributed by atoms with E-state index in [0.717, 1.165) is 11.8 Å². The smallest absolute Gasteiger partial charge is 0.453 e. The van der Waals surface area contributed by atoms with E-state index < -0.39 is 12.0 Å². The first-order valence-electron chi connectivity index (χ1n) is 7.29. The molecule has 0 spiro atoms. The van der Waals surface area contributed by atoms with Crippen molar-refractivity contribution < 1.29 is 27.2 Å². The quantitative estimate of drug-likeness (QED) is 0.490. The monoisotopic (exact) mass is 402 g/mol. The van der Waals surface area contributed by atoms with E-state index in [0.29, 0.717) is 21.7 Å². The molecule has 3 rings (SSSR count). The first-order chi connectivity index (χ1) is 12.8. The maximum atomic E-state index is 12.7. The summed E-state index contributed by atoms with van der Waals surface area (Å²) in [6.45, 7) is 0. The lowest BCUT2D eigenvalue weighted by atomic mass is 10.2. The number of nitrogen functional groups attached to an aromatic ring is 1. The van der Waals surface area contributed by atoms with E-state index >= 15 is 0 Å². The molecular weight excluding hydrogens is 389 g/mol. The van der Waals surface area contributed by atoms with Crippen molar-refractivity contribution in [1.29, 1.82) is 0 Å². The van der Waals surface area contributed by atoms with Crippen LogP contribution in [-0.2, 0) is 11.9 Å². The van der Waals surface area contributed by atoms with Crippen LogP contribution in [0.2, 0.25) is 0 Å². The molecule has 0 unspecified atom stereocenters. The zero-order chi connectivity index (χ0) is 19.6. The Balaban J connectivity index is 1.73. The van der Waals surface area contributed by atoms with Crippen molar-refractivity contribution in [3.8, 4) is 22.9 Å². The van der Waals surface area contributed by atoms with Crippen molar-refractivity contribution in [2.75, 3.05) is 20.1 Å². The molecule has 13 heteroatoms. The zero-order valence-corrected chi connectivity index (χ0v) is 14.8. The molecule has 0 aliphatic carbocycles. The number of methoxy groups -OCH3 is 2. The predicted octanol–water partition coefficient (Wildman–Crippen LogP) is 2.37. The number of rotatable bonds is 6. The molecule has 9 nitrogen and oxygen atoms in total. The SMILES string of the molecule is COc1ccc(-c2noc(CSc3nnc(C(F)(F)F)n3N)n2)cc1OC. The molecule has 2 aromatic heterocycles. The number of benzene rings is 1. The minimum Gasteiger partial charge on any atom is -0.493 e. The Morgan fingerprint density at radius 1 is 1.19 bits per heavy atom. The molecule has 27 heavy (non-hydrogen) atoms. The summed E-state index contributed by atoms with van der Waals surface area (Å²) in [5, 5.41) is 10.2. The summed E-state index contributed by atoms with van der Waals surface area (Å²) < 4.78 is 53.8. The summed E-state index contributed by atoms with van der Waals surface area (Å²) in [6.07, 6.45) is -4.69. The lowest BCUT2D eigenvalue weighted by Gasteiger charge is -2.07. The number of hydrogen-bond acceptors (Lipinski definition) is 9. The van der Waals surface area contributed by atoms with Gasteiger partial charge in [-0.05, 0) is 18.2 Å². The molecule has 0 amide bonds. The number of alkyl halides is 3. The average Bonchev–Trinajstić information content (AvgIpc) is 3.25. The summed E-state index contributed by atoms with van der Waals surface area (Å²) in [4.78, 5) is 4.20. The normalized spacial score (nSPS) is 11.6. The van der Waals surface area contributed by atoms with E-state index in [1.54, 1.807) is 18.2 Å². The fourth-order valence-corrected chi connectivity index (χ4v) is 2.80. The highest BCUT2D eigenvalue weighted by Crippen LogP contribution is 2.32. The van der Waals surface area contributed by atoms with Crippen molar-refractivity contribution in [1.82, 2.24) is 25.0 Å². The largest absolute Gasteiger partial charge is 0.493 e. The first kappa shape index (κ1) is 18.8. The van der Waals surface area contributed by atoms with Gasteiger partial charge in [0.05, 0.1) is 20.0 Å². The lowest BCUT2D eigenvalue weighted by Crippen LogP contribution is -2.21. The second kappa shape index (κ2) is 7.34. The van der Waals surface area contributed by atoms with Gasteiger partial charge in [-0.3, -0.25) is 0 Å². The van der Waals surface area contributed by atoms with Crippen LogP contribution < -0.4 is 15.3 Å². The highest BCUT2D eigenvalue weighted by molar-refractivity contribution is 7.98. The van der Waals surface area contributed by atoms with Crippen LogP contribution in [0.15, 0.2) is 27.9 Å². The van der Waals surface area contributed by atoms with Crippen molar-refractivity contribution in [3.05, 3.63) is 29.9 Å². The second-order valence-electron chi connectivity index (χ2n) is 5.04. The van der Waals surface area contributed by atoms with E-state index in [4.69, 9.17) is 19.8 Å². The van der Waals surface area contributed by atoms with Gasteiger partial charge in [0.1, 0.15) is 0 Å². The number of aromatic nitrogens is 5. The van der Waals surface area contributed by atoms with Gasteiger partial charge in [0.25, 0.3) is 5.82 Å². The molecule has 2 heterocycles. The number of ether oxygens (including phenoxy) is 2. The number of thioether (sulfide) groups is 1. The van der Waals surface area contributed by atoms with Crippen LogP contribution >= 0.6 is 11.8 Å². The molecule has 0 bridgehead atoms. The Labute approximate surface area is 154 Å². The molecule has 3 aromatic rings. The Morgan fingerprint density at radius 3 is 2.56 bits per heavy atom. The van der Waals surface area contributed by atoms with Crippen LogP contribution in [0.1, 0.15) is 11.7 Å². The first-order valence-corrected chi connectivity index (χ1v) is 8.27. The molecule has 0 saturated carbocycles. The Hall–Kier alpha value is -2.96. The van der Waals surface area contributed by atoms with Crippen molar-refractivity contribution >= 4 is 11.8 Å². The standard InChI is InChI=1S/C14H13F3N6O3S/c1-24-8-4-3-7(5-9(8)25-2)11-19-10(26-22-11)6-27-13-21-20-12(23(13)18)14(15,16)17/h3-5H,6,18H2,1-2H3. The summed E-state index contributed by atoms with van der Waals surface area (Å²) in [5.41, 5.74) is 0.619. The fraction of sp³-hybridized carbons (Fsp3) is 0.286. The molecule has 2 N–H and O–H groups in total. The molecule has 0 fully saturated rings. The fourth-order valence-electron chi connectivity index (χ4n) is 2.10. The molecule has 0 aliphatic rings. The molecule has 144 valence electrons. The molecule has 1 aromatic carbocycles. The van der Waals surface area contributed by atoms with Gasteiger partial charge < -0.3 is 19.8 Å². The Bertz CT molecular complexity index is 943. The maximum Gasteiger partial charge on any atom is 0.453 e. The summed E-state index contributed by atoms with van der Waals surface area (Å²) in [5.74, 6) is 5.65. The van der Waals surface area contributed by atoms with Gasteiger partial charge in [-0.15, -0.1) is 10.2 Å². The van der Waals surface area contributed by atoms with Crippen LogP contribution in [0.4, 0.5) is 13.2 Å². The van der Waals surface area contributed by atoms with E-state index in [1.807, 2.05) is 0 Å². The maximum absolute atomic E-state index is 12.7. The number of nitrogens with zero attached hydrogens (tertiary/aromatic N) is 5. The van der Waals surface area contributed by atoms with Gasteiger partial charge in [-0.2, -0.15) is 18.2 Å². The van der Waals surface area contributed by atoms with Crippen molar-refractivity contribution in [2.24, 2.45) is 0 Å². The van der Waals surface area contributed by atoms with Gasteiger partial charge in [0.2, 0.25) is 16.9 Å². The molecular formula is C14H13F3N6O3S. The Morgan fingerprint density at radius 2 is 1.93 bits per heavy atom. The average molecular weight is 402 g/mol. The van der Waals surface area contributed by atoms with Gasteiger partial charge in [-0.1, -0.05) is 16.9 Å². The molecule has 0 atom stereocenters. The van der Waals surface area contributed by atoms with E-state index in [2.05, 4.69) is 20.3 Å². The minimum atomic E-state index is -4.69. The van der Waals surface area contributed by atoms with Crippen LogP contribution in [-0.4, -0.2) is 39.2 Å². The second-order valence-corrected chi connectivity index (χ2v) is 5.99. The van der Waals surface area contributed by atoms with Crippen LogP contribution in [0, 0.1) is 0 Å². The van der Waals surface area contributed by atoms with E-state index in [9.17, 15) is 13.2 Å². The van der Waals surface area contributed by atoms with Crippen LogP contribution in [0.3, 0.4) is 0 Å². The van der Waals surface area contributed by atoms with Crippen molar-refractivity contribution in [3.63, 3.8) is 0 Å². The molecule has 0 saturated heterocycles. The molecule has 0 radical (unpaired) electrons. The summed E-state index contributed by atoms with van der Waals surface area (Å²) in [6, 6.07) is 5.08. The zero-order valence-electron chi connectivity index (χ0n) is 14.0. The van der Waals surface area contributed by atoms with E-state index in [1.165, 1.54) is 14.2 Å². The lowest BCUT2D eigenvalue weighted by molar-refractivity contribution is -0.146. The van der Waals surface area contributed by atoms with E-state index in [-0.39, 0.29) is 22.6 Å². The molecule has 0 aliphatic heterocycles. The van der Waals surface area contributed by atoms with Gasteiger partial charge >= 0.3 is 6.18 Å². The summed E-state index contributed by atoms with van der Waals surface area (Å²) in [7, 11) is 3.01. The van der Waals surface area contributed by atoms with Gasteiger partial charge in [0.15, 0.2) is 11.5 Å². The number of nitrogens with two attached hydrogens (primary N) is 1. The van der Waals surface area contributed by atoms with Gasteiger partial charge in [0, 0.05) is 5.56 Å². The highest BCUT2D eigenvalue weighted by Gasteiger charge is 2.38. The highest BCUT2D eigenvalue weighted by atomic mass is 32.2. The third kappa shape index (κ3) is 3.92. The van der Waals surface area contributed by atoms with Crippen LogP contribution in [0.5, 0.6) is 11.5 Å². The van der Waals surface area contributed by atoms with Crippen LogP contribution in [0.25, 0.3) is 11.4 Å². The predicted molar refractivity (Wildman–Crippen MR) is 87.6 cm³/mol. The van der Waals surface area contributed by atoms with Gasteiger partial charge in [-0.25, -0.2) is 4.68 Å². The summed E-state index contributed by atoms with van der Waals surface area (Å²) >= 11 is 0.883. The number of hydrogen-bond donors (Lipinski definition) is 1. The third-order valence-corrected chi connectivity index (χ3v) is 4.28. The third-order valence-electron chi connectivity index (χ3n) is 3.35. The topological polar surface area (TPSA) is 114 Å². The Kier molecular flexibility index (Phi) is 5.12.